The van der Waals surface area contributed by atoms with Crippen LogP contribution < -0.4 is 5.32 Å². The summed E-state index contributed by atoms with van der Waals surface area (Å²) in [5.74, 6) is -1.38. The van der Waals surface area contributed by atoms with Gasteiger partial charge in [0, 0.05) is 12.6 Å². The van der Waals surface area contributed by atoms with Crippen LogP contribution in [0, 0.1) is 12.7 Å². The maximum atomic E-state index is 13.2. The van der Waals surface area contributed by atoms with Gasteiger partial charge in [0.1, 0.15) is 5.82 Å². The molecule has 0 unspecified atom stereocenters. The van der Waals surface area contributed by atoms with Gasteiger partial charge in [-0.3, -0.25) is 0 Å². The topological polar surface area (TPSA) is 49.3 Å². The number of benzene rings is 1. The zero-order valence-corrected chi connectivity index (χ0v) is 9.38. The molecule has 0 atom stereocenters. The normalized spacial score (nSPS) is 10.7. The van der Waals surface area contributed by atoms with Gasteiger partial charge in [0.2, 0.25) is 0 Å². The van der Waals surface area contributed by atoms with Gasteiger partial charge in [-0.15, -0.1) is 0 Å². The van der Waals surface area contributed by atoms with Crippen molar-refractivity contribution in [2.24, 2.45) is 0 Å². The van der Waals surface area contributed by atoms with Gasteiger partial charge in [-0.25, -0.2) is 9.18 Å². The fourth-order valence-corrected chi connectivity index (χ4v) is 1.40. The number of hydrogen-bond donors (Lipinski definition) is 2. The zero-order chi connectivity index (χ0) is 12.1. The van der Waals surface area contributed by atoms with Gasteiger partial charge in [-0.2, -0.15) is 0 Å². The molecule has 5 heteroatoms. The number of nitrogens with one attached hydrogen (secondary N) is 1. The van der Waals surface area contributed by atoms with Crippen molar-refractivity contribution in [1.82, 2.24) is 0 Å². The average Bonchev–Trinajstić information content (AvgIpc) is 2.19. The number of aryl methyl sites for hydroxylation is 1. The minimum absolute atomic E-state index is 0.272. The van der Waals surface area contributed by atoms with E-state index < -0.39 is 5.97 Å². The standard InChI is InChI=1S/C11H11ClFNO2/c1-7-5-8(12)10(6-9(7)13)14-4-2-3-11(15)16/h2-3,5-6,14H,4H2,1H3,(H,15,16)/b3-2+. The summed E-state index contributed by atoms with van der Waals surface area (Å²) in [6.07, 6.45) is 2.42. The summed E-state index contributed by atoms with van der Waals surface area (Å²) in [4.78, 5) is 10.2. The minimum Gasteiger partial charge on any atom is -0.478 e. The average molecular weight is 244 g/mol. The Morgan fingerprint density at radius 2 is 2.31 bits per heavy atom. The van der Waals surface area contributed by atoms with E-state index in [1.807, 2.05) is 0 Å². The third-order valence-corrected chi connectivity index (χ3v) is 2.23. The Morgan fingerprint density at radius 3 is 2.94 bits per heavy atom. The molecule has 0 saturated heterocycles. The van der Waals surface area contributed by atoms with Crippen molar-refractivity contribution in [1.29, 1.82) is 0 Å². The first-order valence-electron chi connectivity index (χ1n) is 4.59. The molecule has 0 bridgehead atoms. The van der Waals surface area contributed by atoms with E-state index in [9.17, 15) is 9.18 Å². The molecule has 86 valence electrons. The second-order valence-corrected chi connectivity index (χ2v) is 3.61. The molecule has 0 fully saturated rings. The van der Waals surface area contributed by atoms with Crippen LogP contribution in [-0.4, -0.2) is 17.6 Å². The first-order chi connectivity index (χ1) is 7.50. The molecule has 0 aliphatic heterocycles. The molecule has 0 heterocycles. The Morgan fingerprint density at radius 1 is 1.62 bits per heavy atom. The van der Waals surface area contributed by atoms with Crippen molar-refractivity contribution in [3.63, 3.8) is 0 Å². The highest BCUT2D eigenvalue weighted by Gasteiger charge is 2.04. The number of carboxylic acid groups (broad SMARTS) is 1. The summed E-state index contributed by atoms with van der Waals surface area (Å²) < 4.78 is 13.2. The predicted octanol–water partition coefficient (Wildman–Crippen LogP) is 2.84. The van der Waals surface area contributed by atoms with Crippen LogP contribution in [0.2, 0.25) is 5.02 Å². The molecular formula is C11H11ClFNO2. The van der Waals surface area contributed by atoms with E-state index in [2.05, 4.69) is 5.32 Å². The van der Waals surface area contributed by atoms with Gasteiger partial charge in [0.05, 0.1) is 10.7 Å². The molecule has 0 aliphatic rings. The van der Waals surface area contributed by atoms with Gasteiger partial charge in [0.15, 0.2) is 0 Å². The van der Waals surface area contributed by atoms with E-state index >= 15 is 0 Å². The lowest BCUT2D eigenvalue weighted by Crippen LogP contribution is -2.01. The molecule has 0 amide bonds. The van der Waals surface area contributed by atoms with E-state index in [1.165, 1.54) is 18.2 Å². The number of aliphatic carboxylic acids is 1. The van der Waals surface area contributed by atoms with E-state index in [0.29, 0.717) is 16.3 Å². The second kappa shape index (κ2) is 5.51. The van der Waals surface area contributed by atoms with Crippen molar-refractivity contribution in [3.8, 4) is 0 Å². The second-order valence-electron chi connectivity index (χ2n) is 3.20. The van der Waals surface area contributed by atoms with Crippen molar-refractivity contribution < 1.29 is 14.3 Å². The molecule has 0 saturated carbocycles. The number of carbonyl (C=O) groups is 1. The Balaban J connectivity index is 2.67. The van der Waals surface area contributed by atoms with Crippen molar-refractivity contribution >= 4 is 23.3 Å². The van der Waals surface area contributed by atoms with Gasteiger partial charge in [0.25, 0.3) is 0 Å². The smallest absolute Gasteiger partial charge is 0.328 e. The van der Waals surface area contributed by atoms with E-state index in [1.54, 1.807) is 6.92 Å². The first-order valence-corrected chi connectivity index (χ1v) is 4.97. The lowest BCUT2D eigenvalue weighted by molar-refractivity contribution is -0.131. The number of hydrogen-bond acceptors (Lipinski definition) is 2. The molecule has 1 aromatic carbocycles. The van der Waals surface area contributed by atoms with Crippen molar-refractivity contribution in [3.05, 3.63) is 40.7 Å². The van der Waals surface area contributed by atoms with Crippen LogP contribution in [0.15, 0.2) is 24.3 Å². The quantitative estimate of drug-likeness (QED) is 0.800. The number of anilines is 1. The third-order valence-electron chi connectivity index (χ3n) is 1.92. The summed E-state index contributed by atoms with van der Waals surface area (Å²) >= 11 is 5.87. The van der Waals surface area contributed by atoms with Crippen molar-refractivity contribution in [2.45, 2.75) is 6.92 Å². The van der Waals surface area contributed by atoms with Gasteiger partial charge >= 0.3 is 5.97 Å². The fourth-order valence-electron chi connectivity index (χ4n) is 1.11. The Bertz CT molecular complexity index is 432. The van der Waals surface area contributed by atoms with Crippen LogP contribution in [0.3, 0.4) is 0 Å². The van der Waals surface area contributed by atoms with E-state index in [4.69, 9.17) is 16.7 Å². The predicted molar refractivity (Wildman–Crippen MR) is 61.4 cm³/mol. The molecule has 3 nitrogen and oxygen atoms in total. The highest BCUT2D eigenvalue weighted by molar-refractivity contribution is 6.33. The van der Waals surface area contributed by atoms with Gasteiger partial charge < -0.3 is 10.4 Å². The number of halogens is 2. The highest BCUT2D eigenvalue weighted by Crippen LogP contribution is 2.24. The molecule has 0 radical (unpaired) electrons. The summed E-state index contributed by atoms with van der Waals surface area (Å²) in [7, 11) is 0. The largest absolute Gasteiger partial charge is 0.478 e. The van der Waals surface area contributed by atoms with Crippen LogP contribution in [0.5, 0.6) is 0 Å². The maximum absolute atomic E-state index is 13.2. The number of carboxylic acids is 1. The monoisotopic (exact) mass is 243 g/mol. The van der Waals surface area contributed by atoms with E-state index in [0.717, 1.165) is 6.08 Å². The van der Waals surface area contributed by atoms with Crippen LogP contribution >= 0.6 is 11.6 Å². The molecule has 1 rings (SSSR count). The van der Waals surface area contributed by atoms with Crippen LogP contribution in [0.4, 0.5) is 10.1 Å². The highest BCUT2D eigenvalue weighted by atomic mass is 35.5. The SMILES string of the molecule is Cc1cc(Cl)c(NC/C=C/C(=O)O)cc1F. The van der Waals surface area contributed by atoms with Crippen LogP contribution in [0.1, 0.15) is 5.56 Å². The molecule has 0 aromatic heterocycles. The minimum atomic E-state index is -1.03. The van der Waals surface area contributed by atoms with Gasteiger partial charge in [-0.1, -0.05) is 17.7 Å². The summed E-state index contributed by atoms with van der Waals surface area (Å²) in [6.45, 7) is 1.89. The first kappa shape index (κ1) is 12.5. The lowest BCUT2D eigenvalue weighted by atomic mass is 10.2. The van der Waals surface area contributed by atoms with Crippen molar-refractivity contribution in [2.75, 3.05) is 11.9 Å². The third kappa shape index (κ3) is 3.55. The zero-order valence-electron chi connectivity index (χ0n) is 8.63. The fraction of sp³-hybridized carbons (Fsp3) is 0.182. The van der Waals surface area contributed by atoms with Gasteiger partial charge in [-0.05, 0) is 24.6 Å². The Hall–Kier alpha value is -1.55. The summed E-state index contributed by atoms with van der Waals surface area (Å²) in [5.41, 5.74) is 0.913. The molecule has 16 heavy (non-hydrogen) atoms. The van der Waals surface area contributed by atoms with Crippen LogP contribution in [-0.2, 0) is 4.79 Å². The molecule has 0 aliphatic carbocycles. The Kier molecular flexibility index (Phi) is 4.31. The summed E-state index contributed by atoms with van der Waals surface area (Å²) in [5, 5.41) is 11.6. The maximum Gasteiger partial charge on any atom is 0.328 e. The molecule has 1 aromatic rings. The number of rotatable bonds is 4. The van der Waals surface area contributed by atoms with Crippen LogP contribution in [0.25, 0.3) is 0 Å². The molecule has 2 N–H and O–H groups in total. The molecular weight excluding hydrogens is 233 g/mol. The lowest BCUT2D eigenvalue weighted by Gasteiger charge is -2.07. The van der Waals surface area contributed by atoms with E-state index in [-0.39, 0.29) is 12.4 Å². The summed E-state index contributed by atoms with van der Waals surface area (Å²) in [6, 6.07) is 2.80. The Labute approximate surface area is 97.5 Å². The molecule has 0 spiro atoms.